The fourth-order valence-corrected chi connectivity index (χ4v) is 3.61. The lowest BCUT2D eigenvalue weighted by Gasteiger charge is -2.04. The molecule has 166 valence electrons. The number of nitrogens with one attached hydrogen (secondary N) is 1. The zero-order chi connectivity index (χ0) is 22.9. The lowest BCUT2D eigenvalue weighted by molar-refractivity contribution is 0.102. The molecule has 5 rings (SSSR count). The molecule has 1 aromatic carbocycles. The summed E-state index contributed by atoms with van der Waals surface area (Å²) in [5, 5.41) is 15.8. The number of halogens is 1. The zero-order valence-electron chi connectivity index (χ0n) is 18.0. The molecule has 0 atom stereocenters. The first-order valence-corrected chi connectivity index (χ1v) is 10.3. The van der Waals surface area contributed by atoms with E-state index in [4.69, 9.17) is 0 Å². The van der Waals surface area contributed by atoms with Crippen LogP contribution in [0.25, 0.3) is 16.9 Å². The number of aryl methyl sites for hydroxylation is 2. The van der Waals surface area contributed by atoms with Crippen molar-refractivity contribution < 1.29 is 9.18 Å². The molecule has 0 saturated heterocycles. The zero-order valence-corrected chi connectivity index (χ0v) is 18.0. The van der Waals surface area contributed by atoms with Crippen molar-refractivity contribution >= 4 is 17.5 Å². The lowest BCUT2D eigenvalue weighted by Crippen LogP contribution is -2.14. The van der Waals surface area contributed by atoms with Crippen molar-refractivity contribution in [3.8, 4) is 11.3 Å². The first kappa shape index (κ1) is 20.5. The van der Waals surface area contributed by atoms with Gasteiger partial charge in [-0.05, 0) is 37.6 Å². The minimum absolute atomic E-state index is 0.131. The van der Waals surface area contributed by atoms with E-state index >= 15 is 0 Å². The summed E-state index contributed by atoms with van der Waals surface area (Å²) in [6.45, 7) is 5.02. The third-order valence-corrected chi connectivity index (χ3v) is 5.19. The van der Waals surface area contributed by atoms with Crippen LogP contribution in [0.15, 0.2) is 55.2 Å². The van der Waals surface area contributed by atoms with Crippen LogP contribution in [-0.4, -0.2) is 45.1 Å². The fraction of sp³-hybridized carbons (Fsp3) is 0.182. The Kier molecular flexibility index (Phi) is 5.13. The number of rotatable bonds is 6. The van der Waals surface area contributed by atoms with Gasteiger partial charge in [0.2, 0.25) is 5.95 Å². The van der Waals surface area contributed by atoms with E-state index in [0.29, 0.717) is 17.8 Å². The van der Waals surface area contributed by atoms with Crippen molar-refractivity contribution in [2.24, 2.45) is 0 Å². The van der Waals surface area contributed by atoms with E-state index in [9.17, 15) is 9.18 Å². The van der Waals surface area contributed by atoms with E-state index in [0.717, 1.165) is 29.1 Å². The number of carbonyl (C=O) groups excluding carboxylic acids is 1. The number of aromatic nitrogens is 8. The largest absolute Gasteiger partial charge is 0.289 e. The van der Waals surface area contributed by atoms with Gasteiger partial charge in [-0.25, -0.2) is 23.6 Å². The van der Waals surface area contributed by atoms with Gasteiger partial charge in [0.05, 0.1) is 24.1 Å². The molecule has 10 nitrogen and oxygen atoms in total. The third kappa shape index (κ3) is 3.95. The van der Waals surface area contributed by atoms with Gasteiger partial charge in [0, 0.05) is 24.5 Å². The van der Waals surface area contributed by atoms with Crippen molar-refractivity contribution in [2.75, 3.05) is 5.32 Å². The molecule has 11 heteroatoms. The summed E-state index contributed by atoms with van der Waals surface area (Å²) in [4.78, 5) is 21.4. The average Bonchev–Trinajstić information content (AvgIpc) is 3.52. The van der Waals surface area contributed by atoms with E-state index < -0.39 is 5.91 Å². The van der Waals surface area contributed by atoms with E-state index in [2.05, 4.69) is 30.6 Å². The minimum atomic E-state index is -0.431. The van der Waals surface area contributed by atoms with Crippen LogP contribution in [0.5, 0.6) is 0 Å². The van der Waals surface area contributed by atoms with Crippen LogP contribution in [0.4, 0.5) is 10.3 Å². The van der Waals surface area contributed by atoms with Crippen LogP contribution in [-0.2, 0) is 13.1 Å². The second kappa shape index (κ2) is 8.26. The van der Waals surface area contributed by atoms with Crippen LogP contribution in [0.1, 0.15) is 28.5 Å². The molecule has 0 aliphatic rings. The van der Waals surface area contributed by atoms with Gasteiger partial charge in [-0.2, -0.15) is 10.2 Å². The van der Waals surface area contributed by atoms with Gasteiger partial charge in [-0.3, -0.25) is 14.8 Å². The molecule has 0 bridgehead atoms. The Labute approximate surface area is 187 Å². The topological polar surface area (TPSA) is 108 Å². The minimum Gasteiger partial charge on any atom is -0.289 e. The Morgan fingerprint density at radius 1 is 1.15 bits per heavy atom. The number of benzene rings is 1. The molecular weight excluding hydrogens is 425 g/mol. The van der Waals surface area contributed by atoms with Crippen molar-refractivity contribution in [1.82, 2.24) is 39.1 Å². The summed E-state index contributed by atoms with van der Waals surface area (Å²) in [6.07, 6.45) is 6.52. The maximum Gasteiger partial charge on any atom is 0.263 e. The number of hydrogen-bond donors (Lipinski definition) is 1. The molecule has 0 unspecified atom stereocenters. The molecule has 0 aliphatic heterocycles. The molecule has 4 heterocycles. The van der Waals surface area contributed by atoms with Crippen LogP contribution < -0.4 is 5.32 Å². The number of hydrogen-bond acceptors (Lipinski definition) is 6. The maximum absolute atomic E-state index is 13.4. The highest BCUT2D eigenvalue weighted by Crippen LogP contribution is 2.24. The first-order valence-electron chi connectivity index (χ1n) is 10.3. The summed E-state index contributed by atoms with van der Waals surface area (Å²) < 4.78 is 18.4. The summed E-state index contributed by atoms with van der Waals surface area (Å²) in [7, 11) is 0. The molecule has 0 fully saturated rings. The van der Waals surface area contributed by atoms with Gasteiger partial charge in [0.25, 0.3) is 5.91 Å². The summed E-state index contributed by atoms with van der Waals surface area (Å²) in [5.74, 6) is -0.621. The van der Waals surface area contributed by atoms with Crippen LogP contribution in [0.2, 0.25) is 0 Å². The summed E-state index contributed by atoms with van der Waals surface area (Å²) >= 11 is 0. The number of fused-ring (bicyclic) bond motifs is 1. The molecule has 1 amide bonds. The van der Waals surface area contributed by atoms with E-state index in [1.54, 1.807) is 22.8 Å². The number of carbonyl (C=O) groups is 1. The molecule has 0 radical (unpaired) electrons. The number of amides is 1. The van der Waals surface area contributed by atoms with Gasteiger partial charge in [0.1, 0.15) is 17.7 Å². The maximum atomic E-state index is 13.4. The highest BCUT2D eigenvalue weighted by atomic mass is 19.1. The third-order valence-electron chi connectivity index (χ3n) is 5.19. The average molecular weight is 445 g/mol. The normalized spacial score (nSPS) is 11.2. The van der Waals surface area contributed by atoms with E-state index in [1.807, 2.05) is 30.8 Å². The highest BCUT2D eigenvalue weighted by molar-refractivity contribution is 6.07. The van der Waals surface area contributed by atoms with Crippen LogP contribution in [0.3, 0.4) is 0 Å². The molecule has 5 aromatic rings. The Morgan fingerprint density at radius 2 is 2.03 bits per heavy atom. The van der Waals surface area contributed by atoms with Gasteiger partial charge in [-0.15, -0.1) is 5.10 Å². The lowest BCUT2D eigenvalue weighted by atomic mass is 10.2. The monoisotopic (exact) mass is 445 g/mol. The Bertz CT molecular complexity index is 1470. The second-order valence-electron chi connectivity index (χ2n) is 7.46. The first-order chi connectivity index (χ1) is 16.0. The molecule has 4 aromatic heterocycles. The summed E-state index contributed by atoms with van der Waals surface area (Å²) in [6, 6.07) is 8.06. The van der Waals surface area contributed by atoms with Crippen molar-refractivity contribution in [3.05, 3.63) is 77.9 Å². The Balaban J connectivity index is 1.38. The van der Waals surface area contributed by atoms with E-state index in [-0.39, 0.29) is 11.8 Å². The SMILES string of the molecule is CCn1cc(-c2ccnc3c(C(=O)Nc4ncn(Cc5cccc(F)c5)n4)cnn23)c(C)n1. The van der Waals surface area contributed by atoms with Gasteiger partial charge < -0.3 is 0 Å². The van der Waals surface area contributed by atoms with Crippen LogP contribution >= 0.6 is 0 Å². The van der Waals surface area contributed by atoms with Crippen molar-refractivity contribution in [1.29, 1.82) is 0 Å². The Hall–Kier alpha value is -4.41. The second-order valence-corrected chi connectivity index (χ2v) is 7.46. The van der Waals surface area contributed by atoms with Gasteiger partial charge >= 0.3 is 0 Å². The Morgan fingerprint density at radius 3 is 2.82 bits per heavy atom. The van der Waals surface area contributed by atoms with Crippen molar-refractivity contribution in [2.45, 2.75) is 26.9 Å². The molecule has 0 saturated carbocycles. The smallest absolute Gasteiger partial charge is 0.263 e. The molecular formula is C22H20FN9O. The highest BCUT2D eigenvalue weighted by Gasteiger charge is 2.19. The van der Waals surface area contributed by atoms with Crippen molar-refractivity contribution in [3.63, 3.8) is 0 Å². The standard InChI is InChI=1S/C22H20FN9O/c1-3-30-12-18(14(2)28-30)19-7-8-24-20-17(10-26-32(19)20)21(33)27-22-25-13-31(29-22)11-15-5-4-6-16(23)9-15/h4-10,12-13H,3,11H2,1-2H3,(H,27,29,33). The van der Waals surface area contributed by atoms with Gasteiger partial charge in [-0.1, -0.05) is 12.1 Å². The molecule has 0 aliphatic carbocycles. The number of nitrogens with zero attached hydrogens (tertiary/aromatic N) is 8. The fourth-order valence-electron chi connectivity index (χ4n) is 3.61. The number of anilines is 1. The summed E-state index contributed by atoms with van der Waals surface area (Å²) in [5.41, 5.74) is 4.00. The predicted octanol–water partition coefficient (Wildman–Crippen LogP) is 2.95. The quantitative estimate of drug-likeness (QED) is 0.431. The van der Waals surface area contributed by atoms with Gasteiger partial charge in [0.15, 0.2) is 5.65 Å². The van der Waals surface area contributed by atoms with Crippen LogP contribution in [0, 0.1) is 12.7 Å². The molecule has 1 N–H and O–H groups in total. The predicted molar refractivity (Wildman–Crippen MR) is 118 cm³/mol. The van der Waals surface area contributed by atoms with E-state index in [1.165, 1.54) is 29.3 Å². The molecule has 33 heavy (non-hydrogen) atoms. The molecule has 0 spiro atoms.